The fraction of sp³-hybridized carbons (Fsp3) is 0.0625. The maximum Gasteiger partial charge on any atom is 0.323 e. The number of fused-ring (bicyclic) bond motifs is 1. The molecule has 1 N–H and O–H groups in total. The first-order chi connectivity index (χ1) is 11.8. The Bertz CT molecular complexity index is 1070. The molecule has 9 heteroatoms. The monoisotopic (exact) mass is 382 g/mol. The maximum absolute atomic E-state index is 14.1. The summed E-state index contributed by atoms with van der Waals surface area (Å²) < 4.78 is 28.7. The molecule has 0 unspecified atom stereocenters. The number of thiazole rings is 1. The summed E-state index contributed by atoms with van der Waals surface area (Å²) in [5, 5.41) is 9.38. The number of carbonyl (C=O) groups is 2. The number of aromatic nitrogens is 1. The van der Waals surface area contributed by atoms with Gasteiger partial charge in [0.25, 0.3) is 5.91 Å². The highest BCUT2D eigenvalue weighted by Crippen LogP contribution is 2.22. The van der Waals surface area contributed by atoms with Crippen LogP contribution in [-0.2, 0) is 11.3 Å². The number of aliphatic carboxylic acids is 1. The molecule has 2 aromatic carbocycles. The molecule has 0 saturated carbocycles. The van der Waals surface area contributed by atoms with Gasteiger partial charge in [-0.25, -0.2) is 8.78 Å². The van der Waals surface area contributed by atoms with Crippen LogP contribution in [0.15, 0.2) is 41.4 Å². The number of benzene rings is 2. The standard InChI is InChI=1S/C16H9ClF2N2O3S/c17-9-3-1-2-8(4-9)15(24)20-16-21(7-13(22)23)14-11(19)5-10(18)6-12(14)25-16/h1-6H,7H2,(H,22,23)/b20-16-. The van der Waals surface area contributed by atoms with Gasteiger partial charge in [-0.3, -0.25) is 9.59 Å². The van der Waals surface area contributed by atoms with Gasteiger partial charge in [0.05, 0.1) is 10.2 Å². The fourth-order valence-corrected chi connectivity index (χ4v) is 3.53. The summed E-state index contributed by atoms with van der Waals surface area (Å²) in [4.78, 5) is 27.2. The zero-order valence-corrected chi connectivity index (χ0v) is 13.9. The molecule has 1 heterocycles. The molecule has 0 atom stereocenters. The first-order valence-corrected chi connectivity index (χ1v) is 8.09. The second-order valence-corrected chi connectivity index (χ2v) is 6.47. The van der Waals surface area contributed by atoms with E-state index in [1.165, 1.54) is 12.1 Å². The Balaban J connectivity index is 2.22. The lowest BCUT2D eigenvalue weighted by Gasteiger charge is -2.02. The fourth-order valence-electron chi connectivity index (χ4n) is 2.27. The summed E-state index contributed by atoms with van der Waals surface area (Å²) in [6, 6.07) is 7.76. The zero-order chi connectivity index (χ0) is 18.1. The van der Waals surface area contributed by atoms with Gasteiger partial charge < -0.3 is 9.67 Å². The molecule has 128 valence electrons. The molecular weight excluding hydrogens is 374 g/mol. The Morgan fingerprint density at radius 3 is 2.68 bits per heavy atom. The molecule has 1 amide bonds. The van der Waals surface area contributed by atoms with E-state index in [0.29, 0.717) is 11.1 Å². The molecule has 3 rings (SSSR count). The van der Waals surface area contributed by atoms with Crippen molar-refractivity contribution in [3.63, 3.8) is 0 Å². The number of hydrogen-bond acceptors (Lipinski definition) is 3. The van der Waals surface area contributed by atoms with Crippen LogP contribution >= 0.6 is 22.9 Å². The van der Waals surface area contributed by atoms with E-state index in [9.17, 15) is 18.4 Å². The Kier molecular flexibility index (Phi) is 4.65. The quantitative estimate of drug-likeness (QED) is 0.754. The highest BCUT2D eigenvalue weighted by molar-refractivity contribution is 7.16. The number of rotatable bonds is 3. The lowest BCUT2D eigenvalue weighted by Crippen LogP contribution is -2.21. The summed E-state index contributed by atoms with van der Waals surface area (Å²) in [5.41, 5.74) is 0.0740. The zero-order valence-electron chi connectivity index (χ0n) is 12.4. The largest absolute Gasteiger partial charge is 0.480 e. The van der Waals surface area contributed by atoms with Gasteiger partial charge >= 0.3 is 5.97 Å². The highest BCUT2D eigenvalue weighted by Gasteiger charge is 2.16. The van der Waals surface area contributed by atoms with Crippen molar-refractivity contribution in [1.82, 2.24) is 4.57 Å². The minimum atomic E-state index is -1.25. The number of carboxylic acids is 1. The van der Waals surface area contributed by atoms with Crippen LogP contribution in [0.1, 0.15) is 10.4 Å². The third kappa shape index (κ3) is 3.59. The van der Waals surface area contributed by atoms with Gasteiger partial charge in [-0.2, -0.15) is 4.99 Å². The average Bonchev–Trinajstić information content (AvgIpc) is 2.84. The van der Waals surface area contributed by atoms with Crippen molar-refractivity contribution in [2.45, 2.75) is 6.54 Å². The van der Waals surface area contributed by atoms with Gasteiger partial charge in [-0.1, -0.05) is 29.0 Å². The van der Waals surface area contributed by atoms with Gasteiger partial charge in [0.2, 0.25) is 0 Å². The second-order valence-electron chi connectivity index (χ2n) is 5.03. The lowest BCUT2D eigenvalue weighted by molar-refractivity contribution is -0.137. The van der Waals surface area contributed by atoms with Crippen molar-refractivity contribution in [1.29, 1.82) is 0 Å². The number of carboxylic acid groups (broad SMARTS) is 1. The third-order valence-corrected chi connectivity index (χ3v) is 4.52. The highest BCUT2D eigenvalue weighted by atomic mass is 35.5. The van der Waals surface area contributed by atoms with Crippen LogP contribution in [0.5, 0.6) is 0 Å². The van der Waals surface area contributed by atoms with E-state index >= 15 is 0 Å². The molecule has 0 spiro atoms. The number of hydrogen-bond donors (Lipinski definition) is 1. The van der Waals surface area contributed by atoms with Crippen molar-refractivity contribution in [2.24, 2.45) is 4.99 Å². The number of amides is 1. The van der Waals surface area contributed by atoms with Crippen LogP contribution in [-0.4, -0.2) is 21.6 Å². The Morgan fingerprint density at radius 1 is 1.24 bits per heavy atom. The minimum Gasteiger partial charge on any atom is -0.480 e. The van der Waals surface area contributed by atoms with E-state index in [1.54, 1.807) is 12.1 Å². The van der Waals surface area contributed by atoms with Crippen LogP contribution in [0.3, 0.4) is 0 Å². The Hall–Kier alpha value is -2.58. The van der Waals surface area contributed by atoms with Crippen molar-refractivity contribution in [3.05, 3.63) is 63.4 Å². The molecule has 0 aliphatic rings. The molecule has 0 aliphatic heterocycles. The van der Waals surface area contributed by atoms with Crippen LogP contribution in [0.25, 0.3) is 10.2 Å². The van der Waals surface area contributed by atoms with Crippen molar-refractivity contribution in [3.8, 4) is 0 Å². The smallest absolute Gasteiger partial charge is 0.323 e. The molecular formula is C16H9ClF2N2O3S. The van der Waals surface area contributed by atoms with Crippen LogP contribution in [0.2, 0.25) is 5.02 Å². The number of halogens is 3. The summed E-state index contributed by atoms with van der Waals surface area (Å²) >= 11 is 6.65. The Labute approximate surface area is 148 Å². The number of nitrogens with zero attached hydrogens (tertiary/aromatic N) is 2. The first-order valence-electron chi connectivity index (χ1n) is 6.90. The molecule has 0 fully saturated rings. The molecule has 0 bridgehead atoms. The molecule has 0 aliphatic carbocycles. The van der Waals surface area contributed by atoms with Crippen LogP contribution < -0.4 is 4.80 Å². The van der Waals surface area contributed by atoms with Crippen molar-refractivity contribution in [2.75, 3.05) is 0 Å². The van der Waals surface area contributed by atoms with E-state index in [0.717, 1.165) is 22.0 Å². The van der Waals surface area contributed by atoms with Gasteiger partial charge in [0.15, 0.2) is 10.6 Å². The van der Waals surface area contributed by atoms with Gasteiger partial charge in [0.1, 0.15) is 12.4 Å². The van der Waals surface area contributed by atoms with Gasteiger partial charge in [-0.05, 0) is 24.3 Å². The summed E-state index contributed by atoms with van der Waals surface area (Å²) in [6.07, 6.45) is 0. The van der Waals surface area contributed by atoms with Gasteiger partial charge in [-0.15, -0.1) is 0 Å². The first kappa shape index (κ1) is 17.2. The van der Waals surface area contributed by atoms with E-state index in [1.807, 2.05) is 0 Å². The molecule has 1 aromatic heterocycles. The normalized spacial score (nSPS) is 11.9. The molecule has 0 radical (unpaired) electrons. The van der Waals surface area contributed by atoms with Gasteiger partial charge in [0, 0.05) is 16.7 Å². The second kappa shape index (κ2) is 6.73. The van der Waals surface area contributed by atoms with Crippen molar-refractivity contribution < 1.29 is 23.5 Å². The summed E-state index contributed by atoms with van der Waals surface area (Å²) in [6.45, 7) is -0.621. The number of carbonyl (C=O) groups excluding carboxylic acids is 1. The molecule has 25 heavy (non-hydrogen) atoms. The van der Waals surface area contributed by atoms with E-state index < -0.39 is 30.1 Å². The molecule has 0 saturated heterocycles. The topological polar surface area (TPSA) is 71.7 Å². The SMILES string of the molecule is O=C(O)Cn1/c(=N/C(=O)c2cccc(Cl)c2)sc2cc(F)cc(F)c21. The van der Waals surface area contributed by atoms with E-state index in [4.69, 9.17) is 16.7 Å². The summed E-state index contributed by atoms with van der Waals surface area (Å²) in [5.74, 6) is -3.65. The predicted octanol–water partition coefficient (Wildman–Crippen LogP) is 3.46. The third-order valence-electron chi connectivity index (χ3n) is 3.26. The average molecular weight is 383 g/mol. The molecule has 5 nitrogen and oxygen atoms in total. The van der Waals surface area contributed by atoms with Crippen molar-refractivity contribution >= 4 is 45.0 Å². The van der Waals surface area contributed by atoms with E-state index in [-0.39, 0.29) is 20.6 Å². The van der Waals surface area contributed by atoms with Crippen LogP contribution in [0.4, 0.5) is 8.78 Å². The predicted molar refractivity (Wildman–Crippen MR) is 88.7 cm³/mol. The summed E-state index contributed by atoms with van der Waals surface area (Å²) in [7, 11) is 0. The van der Waals surface area contributed by atoms with E-state index in [2.05, 4.69) is 4.99 Å². The van der Waals surface area contributed by atoms with Crippen LogP contribution in [0, 0.1) is 11.6 Å². The maximum atomic E-state index is 14.1. The lowest BCUT2D eigenvalue weighted by atomic mass is 10.2. The molecule has 3 aromatic rings. The Morgan fingerprint density at radius 2 is 2.00 bits per heavy atom. The minimum absolute atomic E-state index is 0.0492.